The van der Waals surface area contributed by atoms with Crippen molar-refractivity contribution < 1.29 is 4.39 Å². The largest absolute Gasteiger partial charge is 0.271 e. The van der Waals surface area contributed by atoms with E-state index in [1.165, 1.54) is 18.5 Å². The van der Waals surface area contributed by atoms with Crippen LogP contribution >= 0.6 is 0 Å². The van der Waals surface area contributed by atoms with Gasteiger partial charge in [-0.1, -0.05) is 12.1 Å². The van der Waals surface area contributed by atoms with Gasteiger partial charge in [-0.15, -0.1) is 0 Å². The van der Waals surface area contributed by atoms with Crippen molar-refractivity contribution >= 4 is 0 Å². The summed E-state index contributed by atoms with van der Waals surface area (Å²) in [6.45, 7) is 0. The molecule has 0 aliphatic carbocycles. The van der Waals surface area contributed by atoms with Crippen LogP contribution in [0.5, 0.6) is 0 Å². The van der Waals surface area contributed by atoms with E-state index in [0.717, 1.165) is 5.56 Å². The van der Waals surface area contributed by atoms with Crippen LogP contribution in [0.25, 0.3) is 0 Å². The number of hydrogen-bond acceptors (Lipinski definition) is 4. The van der Waals surface area contributed by atoms with E-state index in [1.54, 1.807) is 24.4 Å². The Morgan fingerprint density at radius 1 is 1.31 bits per heavy atom. The van der Waals surface area contributed by atoms with Gasteiger partial charge in [0, 0.05) is 6.20 Å². The van der Waals surface area contributed by atoms with Crippen LogP contribution in [0.1, 0.15) is 17.3 Å². The zero-order valence-corrected chi connectivity index (χ0v) is 8.47. The first-order valence-electron chi connectivity index (χ1n) is 4.79. The Kier molecular flexibility index (Phi) is 3.19. The lowest BCUT2D eigenvalue weighted by atomic mass is 10.0. The van der Waals surface area contributed by atoms with Gasteiger partial charge in [-0.25, -0.2) is 19.8 Å². The quantitative estimate of drug-likeness (QED) is 0.599. The Morgan fingerprint density at radius 3 is 2.81 bits per heavy atom. The van der Waals surface area contributed by atoms with Gasteiger partial charge in [-0.05, 0) is 23.8 Å². The smallest absolute Gasteiger partial charge is 0.123 e. The predicted molar refractivity (Wildman–Crippen MR) is 57.6 cm³/mol. The van der Waals surface area contributed by atoms with Crippen LogP contribution in [0.4, 0.5) is 4.39 Å². The van der Waals surface area contributed by atoms with Crippen LogP contribution in [-0.2, 0) is 0 Å². The maximum atomic E-state index is 13.1. The van der Waals surface area contributed by atoms with E-state index in [9.17, 15) is 4.39 Å². The van der Waals surface area contributed by atoms with Gasteiger partial charge >= 0.3 is 0 Å². The molecule has 16 heavy (non-hydrogen) atoms. The maximum absolute atomic E-state index is 13.1. The van der Waals surface area contributed by atoms with Gasteiger partial charge in [-0.3, -0.25) is 5.84 Å². The molecule has 1 atom stereocenters. The number of nitrogens with one attached hydrogen (secondary N) is 1. The minimum atomic E-state index is -0.335. The molecule has 0 saturated heterocycles. The highest BCUT2D eigenvalue weighted by molar-refractivity contribution is 5.27. The zero-order chi connectivity index (χ0) is 11.4. The Bertz CT molecular complexity index is 461. The number of hydrogen-bond donors (Lipinski definition) is 2. The number of nitrogens with zero attached hydrogens (tertiary/aromatic N) is 2. The summed E-state index contributed by atoms with van der Waals surface area (Å²) in [4.78, 5) is 7.90. The van der Waals surface area contributed by atoms with Crippen LogP contribution < -0.4 is 11.3 Å². The molecule has 0 aliphatic rings. The van der Waals surface area contributed by atoms with Gasteiger partial charge < -0.3 is 0 Å². The van der Waals surface area contributed by atoms with E-state index in [1.807, 2.05) is 0 Å². The predicted octanol–water partition coefficient (Wildman–Crippen LogP) is 1.17. The molecule has 0 amide bonds. The van der Waals surface area contributed by atoms with Crippen LogP contribution in [0.3, 0.4) is 0 Å². The van der Waals surface area contributed by atoms with Crippen LogP contribution in [0, 0.1) is 5.82 Å². The summed E-state index contributed by atoms with van der Waals surface area (Å²) in [6.07, 6.45) is 3.05. The first-order valence-corrected chi connectivity index (χ1v) is 4.79. The lowest BCUT2D eigenvalue weighted by Crippen LogP contribution is -2.29. The lowest BCUT2D eigenvalue weighted by molar-refractivity contribution is 0.597. The molecular weight excluding hydrogens is 207 g/mol. The topological polar surface area (TPSA) is 63.8 Å². The van der Waals surface area contributed by atoms with Crippen molar-refractivity contribution in [3.8, 4) is 0 Å². The number of aromatic nitrogens is 2. The summed E-state index contributed by atoms with van der Waals surface area (Å²) in [5.74, 6) is 5.15. The Morgan fingerprint density at radius 2 is 2.19 bits per heavy atom. The minimum absolute atomic E-state index is 0.299. The summed E-state index contributed by atoms with van der Waals surface area (Å²) in [7, 11) is 0. The Labute approximate surface area is 92.3 Å². The highest BCUT2D eigenvalue weighted by Crippen LogP contribution is 2.19. The first-order chi connectivity index (χ1) is 7.81. The third kappa shape index (κ3) is 2.21. The second-order valence-electron chi connectivity index (χ2n) is 3.29. The van der Waals surface area contributed by atoms with Crippen molar-refractivity contribution in [3.63, 3.8) is 0 Å². The highest BCUT2D eigenvalue weighted by Gasteiger charge is 2.13. The van der Waals surface area contributed by atoms with E-state index >= 15 is 0 Å². The van der Waals surface area contributed by atoms with Crippen molar-refractivity contribution in [2.24, 2.45) is 5.84 Å². The minimum Gasteiger partial charge on any atom is -0.271 e. The fourth-order valence-corrected chi connectivity index (χ4v) is 1.51. The van der Waals surface area contributed by atoms with Crippen LogP contribution in [-0.4, -0.2) is 9.97 Å². The molecule has 0 spiro atoms. The lowest BCUT2D eigenvalue weighted by Gasteiger charge is -2.15. The molecule has 5 heteroatoms. The van der Waals surface area contributed by atoms with Crippen molar-refractivity contribution in [2.75, 3.05) is 0 Å². The van der Waals surface area contributed by atoms with Crippen LogP contribution in [0.2, 0.25) is 0 Å². The molecule has 0 radical (unpaired) electrons. The molecule has 0 saturated carbocycles. The van der Waals surface area contributed by atoms with Crippen molar-refractivity contribution in [2.45, 2.75) is 6.04 Å². The van der Waals surface area contributed by atoms with Gasteiger partial charge in [0.1, 0.15) is 12.1 Å². The molecule has 2 rings (SSSR count). The molecule has 2 aromatic rings. The maximum Gasteiger partial charge on any atom is 0.123 e. The zero-order valence-electron chi connectivity index (χ0n) is 8.47. The molecule has 82 valence electrons. The van der Waals surface area contributed by atoms with E-state index in [2.05, 4.69) is 15.4 Å². The SMILES string of the molecule is NNC(c1cccc(F)c1)c1ccncn1. The monoisotopic (exact) mass is 218 g/mol. The molecule has 0 aliphatic heterocycles. The number of halogens is 1. The Balaban J connectivity index is 2.37. The second-order valence-corrected chi connectivity index (χ2v) is 3.29. The average molecular weight is 218 g/mol. The summed E-state index contributed by atoms with van der Waals surface area (Å²) >= 11 is 0. The third-order valence-electron chi connectivity index (χ3n) is 2.25. The third-order valence-corrected chi connectivity index (χ3v) is 2.25. The molecule has 0 bridgehead atoms. The summed E-state index contributed by atoms with van der Waals surface area (Å²) in [5, 5.41) is 0. The standard InChI is InChI=1S/C11H11FN4/c12-9-3-1-2-8(6-9)11(16-13)10-4-5-14-7-15-10/h1-7,11,16H,13H2. The molecular formula is C11H11FN4. The highest BCUT2D eigenvalue weighted by atomic mass is 19.1. The molecule has 1 heterocycles. The van der Waals surface area contributed by atoms with Gasteiger partial charge in [-0.2, -0.15) is 0 Å². The van der Waals surface area contributed by atoms with Gasteiger partial charge in [0.15, 0.2) is 0 Å². The van der Waals surface area contributed by atoms with Gasteiger partial charge in [0.05, 0.1) is 11.7 Å². The number of hydrazine groups is 1. The van der Waals surface area contributed by atoms with Crippen molar-refractivity contribution in [1.82, 2.24) is 15.4 Å². The van der Waals surface area contributed by atoms with Gasteiger partial charge in [0.25, 0.3) is 0 Å². The van der Waals surface area contributed by atoms with E-state index in [0.29, 0.717) is 5.69 Å². The second kappa shape index (κ2) is 4.78. The number of benzene rings is 1. The van der Waals surface area contributed by atoms with Crippen molar-refractivity contribution in [3.05, 3.63) is 59.9 Å². The summed E-state index contributed by atoms with van der Waals surface area (Å²) in [6, 6.07) is 7.63. The van der Waals surface area contributed by atoms with E-state index in [-0.39, 0.29) is 11.9 Å². The first kappa shape index (κ1) is 10.7. The van der Waals surface area contributed by atoms with Crippen molar-refractivity contribution in [1.29, 1.82) is 0 Å². The Hall–Kier alpha value is -1.85. The van der Waals surface area contributed by atoms with E-state index in [4.69, 9.17) is 5.84 Å². The average Bonchev–Trinajstić information content (AvgIpc) is 2.31. The summed E-state index contributed by atoms with van der Waals surface area (Å²) in [5.41, 5.74) is 4.03. The molecule has 1 unspecified atom stereocenters. The molecule has 1 aromatic carbocycles. The molecule has 0 fully saturated rings. The number of rotatable bonds is 3. The molecule has 1 aromatic heterocycles. The van der Waals surface area contributed by atoms with Gasteiger partial charge in [0.2, 0.25) is 0 Å². The van der Waals surface area contributed by atoms with E-state index < -0.39 is 0 Å². The fraction of sp³-hybridized carbons (Fsp3) is 0.0909. The normalized spacial score (nSPS) is 12.4. The number of nitrogens with two attached hydrogens (primary N) is 1. The summed E-state index contributed by atoms with van der Waals surface area (Å²) < 4.78 is 13.1. The molecule has 3 N–H and O–H groups in total. The molecule has 4 nitrogen and oxygen atoms in total. The fourth-order valence-electron chi connectivity index (χ4n) is 1.51. The van der Waals surface area contributed by atoms with Crippen LogP contribution in [0.15, 0.2) is 42.9 Å².